The number of benzene rings is 1. The van der Waals surface area contributed by atoms with Gasteiger partial charge in [0.2, 0.25) is 5.91 Å². The molecule has 2 atom stereocenters. The summed E-state index contributed by atoms with van der Waals surface area (Å²) in [6.45, 7) is 5.54. The van der Waals surface area contributed by atoms with Crippen LogP contribution in [0.4, 0.5) is 0 Å². The topological polar surface area (TPSA) is 60.9 Å². The zero-order chi connectivity index (χ0) is 19.3. The van der Waals surface area contributed by atoms with Crippen molar-refractivity contribution in [2.75, 3.05) is 26.7 Å². The molecule has 1 aromatic carbocycles. The number of likely N-dealkylation sites (tertiary alicyclic amines) is 1. The van der Waals surface area contributed by atoms with Crippen LogP contribution in [0, 0.1) is 5.92 Å². The Bertz CT molecular complexity index is 635. The number of halogens is 1. The van der Waals surface area contributed by atoms with Gasteiger partial charge in [-0.15, -0.1) is 0 Å². The number of aliphatic carboxylic acids is 1. The number of carboxylic acids is 1. The van der Waals surface area contributed by atoms with Crippen LogP contribution in [-0.4, -0.2) is 59.5 Å². The largest absolute Gasteiger partial charge is 0.480 e. The molecule has 1 fully saturated rings. The molecule has 0 aliphatic carbocycles. The summed E-state index contributed by atoms with van der Waals surface area (Å²) in [5.41, 5.74) is 0.960. The Balaban J connectivity index is 2.09. The maximum absolute atomic E-state index is 13.2. The highest BCUT2D eigenvalue weighted by Gasteiger charge is 2.31. The van der Waals surface area contributed by atoms with Gasteiger partial charge in [0.15, 0.2) is 0 Å². The maximum Gasteiger partial charge on any atom is 0.317 e. The van der Waals surface area contributed by atoms with Crippen LogP contribution in [-0.2, 0) is 9.59 Å². The molecule has 1 heterocycles. The lowest BCUT2D eigenvalue weighted by atomic mass is 9.87. The first-order valence-electron chi connectivity index (χ1n) is 9.26. The van der Waals surface area contributed by atoms with Gasteiger partial charge in [-0.1, -0.05) is 37.6 Å². The van der Waals surface area contributed by atoms with Gasteiger partial charge < -0.3 is 10.0 Å². The van der Waals surface area contributed by atoms with Crippen molar-refractivity contribution in [3.05, 3.63) is 34.9 Å². The third-order valence-corrected chi connectivity index (χ3v) is 5.39. The standard InChI is InChI=1S/C20H29ClN2O3/c1-14(2)19(15-6-4-7-16(21)12-15)20(26)23-10-5-8-17(9-11-23)22(3)13-18(24)25/h4,6-7,12,14,17,19H,5,8-11,13H2,1-3H3,(H,24,25). The molecule has 1 aliphatic rings. The number of carboxylic acid groups (broad SMARTS) is 1. The summed E-state index contributed by atoms with van der Waals surface area (Å²) in [4.78, 5) is 28.0. The second kappa shape index (κ2) is 9.38. The van der Waals surface area contributed by atoms with E-state index >= 15 is 0 Å². The minimum atomic E-state index is -0.814. The van der Waals surface area contributed by atoms with Crippen LogP contribution in [0.1, 0.15) is 44.6 Å². The lowest BCUT2D eigenvalue weighted by Crippen LogP contribution is -2.39. The van der Waals surface area contributed by atoms with Gasteiger partial charge in [0.1, 0.15) is 0 Å². The Kier molecular flexibility index (Phi) is 7.47. The van der Waals surface area contributed by atoms with Gasteiger partial charge in [0, 0.05) is 24.2 Å². The van der Waals surface area contributed by atoms with E-state index in [1.165, 1.54) is 0 Å². The van der Waals surface area contributed by atoms with Gasteiger partial charge in [-0.3, -0.25) is 14.5 Å². The van der Waals surface area contributed by atoms with Gasteiger partial charge in [0.05, 0.1) is 12.5 Å². The Labute approximate surface area is 160 Å². The van der Waals surface area contributed by atoms with Crippen molar-refractivity contribution >= 4 is 23.5 Å². The molecule has 1 aromatic rings. The number of amides is 1. The zero-order valence-electron chi connectivity index (χ0n) is 15.8. The lowest BCUT2D eigenvalue weighted by Gasteiger charge is -2.29. The molecule has 5 nitrogen and oxygen atoms in total. The molecule has 1 saturated heterocycles. The van der Waals surface area contributed by atoms with Gasteiger partial charge in [-0.05, 0) is 49.9 Å². The number of nitrogens with zero attached hydrogens (tertiary/aromatic N) is 2. The molecule has 1 N–H and O–H groups in total. The van der Waals surface area contributed by atoms with Crippen molar-refractivity contribution in [3.63, 3.8) is 0 Å². The summed E-state index contributed by atoms with van der Waals surface area (Å²) in [7, 11) is 1.85. The molecule has 0 radical (unpaired) electrons. The molecule has 0 bridgehead atoms. The van der Waals surface area contributed by atoms with E-state index in [4.69, 9.17) is 16.7 Å². The van der Waals surface area contributed by atoms with Crippen molar-refractivity contribution in [3.8, 4) is 0 Å². The number of likely N-dealkylation sites (N-methyl/N-ethyl adjacent to an activating group) is 1. The van der Waals surface area contributed by atoms with Gasteiger partial charge >= 0.3 is 5.97 Å². The monoisotopic (exact) mass is 380 g/mol. The second-order valence-electron chi connectivity index (χ2n) is 7.50. The van der Waals surface area contributed by atoms with Crippen molar-refractivity contribution in [2.24, 2.45) is 5.92 Å². The van der Waals surface area contributed by atoms with Crippen LogP contribution in [0.25, 0.3) is 0 Å². The molecule has 0 saturated carbocycles. The average Bonchev–Trinajstić information content (AvgIpc) is 2.80. The third-order valence-electron chi connectivity index (χ3n) is 5.16. The SMILES string of the molecule is CC(C)C(C(=O)N1CCCC(N(C)CC(=O)O)CC1)c1cccc(Cl)c1. The molecule has 2 rings (SSSR count). The Morgan fingerprint density at radius 1 is 1.31 bits per heavy atom. The van der Waals surface area contributed by atoms with E-state index in [2.05, 4.69) is 13.8 Å². The van der Waals surface area contributed by atoms with Gasteiger partial charge in [-0.25, -0.2) is 0 Å². The number of carbonyl (C=O) groups is 2. The molecular weight excluding hydrogens is 352 g/mol. The van der Waals surface area contributed by atoms with E-state index in [0.29, 0.717) is 11.6 Å². The normalized spacial score (nSPS) is 19.5. The smallest absolute Gasteiger partial charge is 0.317 e. The van der Waals surface area contributed by atoms with Crippen molar-refractivity contribution < 1.29 is 14.7 Å². The molecule has 2 unspecified atom stereocenters. The van der Waals surface area contributed by atoms with Gasteiger partial charge in [-0.2, -0.15) is 0 Å². The Hall–Kier alpha value is -1.59. The Morgan fingerprint density at radius 2 is 2.04 bits per heavy atom. The minimum absolute atomic E-state index is 0.0374. The molecule has 26 heavy (non-hydrogen) atoms. The molecule has 144 valence electrons. The average molecular weight is 381 g/mol. The number of carbonyl (C=O) groups excluding carboxylic acids is 1. The molecule has 1 amide bonds. The molecule has 6 heteroatoms. The predicted octanol–water partition coefficient (Wildman–Crippen LogP) is 3.48. The van der Waals surface area contributed by atoms with E-state index < -0.39 is 5.97 Å². The summed E-state index contributed by atoms with van der Waals surface area (Å²) < 4.78 is 0. The van der Waals surface area contributed by atoms with E-state index in [-0.39, 0.29) is 30.3 Å². The van der Waals surface area contributed by atoms with E-state index in [0.717, 1.165) is 31.4 Å². The van der Waals surface area contributed by atoms with Crippen LogP contribution in [0.15, 0.2) is 24.3 Å². The van der Waals surface area contributed by atoms with E-state index in [1.807, 2.05) is 41.1 Å². The van der Waals surface area contributed by atoms with E-state index in [1.54, 1.807) is 0 Å². The molecule has 1 aliphatic heterocycles. The first-order valence-corrected chi connectivity index (χ1v) is 9.63. The lowest BCUT2D eigenvalue weighted by molar-refractivity contribution is -0.139. The highest BCUT2D eigenvalue weighted by Crippen LogP contribution is 2.30. The first kappa shape index (κ1) is 20.7. The summed E-state index contributed by atoms with van der Waals surface area (Å²) in [5, 5.41) is 9.64. The van der Waals surface area contributed by atoms with Crippen LogP contribution in [0.5, 0.6) is 0 Å². The highest BCUT2D eigenvalue weighted by atomic mass is 35.5. The third kappa shape index (κ3) is 5.45. The fraction of sp³-hybridized carbons (Fsp3) is 0.600. The fourth-order valence-corrected chi connectivity index (χ4v) is 3.99. The number of rotatable bonds is 6. The summed E-state index contributed by atoms with van der Waals surface area (Å²) in [5.74, 6) is -0.703. The van der Waals surface area contributed by atoms with E-state index in [9.17, 15) is 9.59 Å². The van der Waals surface area contributed by atoms with Crippen molar-refractivity contribution in [1.82, 2.24) is 9.80 Å². The second-order valence-corrected chi connectivity index (χ2v) is 7.93. The van der Waals surface area contributed by atoms with Crippen molar-refractivity contribution in [1.29, 1.82) is 0 Å². The summed E-state index contributed by atoms with van der Waals surface area (Å²) in [6, 6.07) is 7.76. The van der Waals surface area contributed by atoms with Crippen LogP contribution < -0.4 is 0 Å². The van der Waals surface area contributed by atoms with Gasteiger partial charge in [0.25, 0.3) is 0 Å². The van der Waals surface area contributed by atoms with Crippen LogP contribution >= 0.6 is 11.6 Å². The summed E-state index contributed by atoms with van der Waals surface area (Å²) in [6.07, 6.45) is 2.60. The van der Waals surface area contributed by atoms with Crippen LogP contribution in [0.2, 0.25) is 5.02 Å². The minimum Gasteiger partial charge on any atom is -0.480 e. The molecule has 0 aromatic heterocycles. The molecular formula is C20H29ClN2O3. The zero-order valence-corrected chi connectivity index (χ0v) is 16.6. The first-order chi connectivity index (χ1) is 12.3. The molecule has 0 spiro atoms. The quantitative estimate of drug-likeness (QED) is 0.820. The number of hydrogen-bond acceptors (Lipinski definition) is 3. The maximum atomic E-state index is 13.2. The predicted molar refractivity (Wildman–Crippen MR) is 104 cm³/mol. The Morgan fingerprint density at radius 3 is 2.65 bits per heavy atom. The van der Waals surface area contributed by atoms with Crippen molar-refractivity contribution in [2.45, 2.75) is 45.1 Å². The highest BCUT2D eigenvalue weighted by molar-refractivity contribution is 6.30. The van der Waals surface area contributed by atoms with Crippen LogP contribution in [0.3, 0.4) is 0 Å². The summed E-state index contributed by atoms with van der Waals surface area (Å²) >= 11 is 6.13. The fourth-order valence-electron chi connectivity index (χ4n) is 3.79. The number of hydrogen-bond donors (Lipinski definition) is 1.